The van der Waals surface area contributed by atoms with Gasteiger partial charge in [-0.25, -0.2) is 8.78 Å². The molecule has 0 spiro atoms. The van der Waals surface area contributed by atoms with Crippen LogP contribution in [0.5, 0.6) is 0 Å². The van der Waals surface area contributed by atoms with Crippen molar-refractivity contribution in [3.05, 3.63) is 35.4 Å². The summed E-state index contributed by atoms with van der Waals surface area (Å²) in [5.41, 5.74) is -0.352. The quantitative estimate of drug-likeness (QED) is 0.902. The Morgan fingerprint density at radius 3 is 2.60 bits per heavy atom. The van der Waals surface area contributed by atoms with Crippen molar-refractivity contribution in [2.45, 2.75) is 25.8 Å². The van der Waals surface area contributed by atoms with Crippen LogP contribution in [0.15, 0.2) is 18.2 Å². The van der Waals surface area contributed by atoms with Crippen LogP contribution in [-0.2, 0) is 4.79 Å². The van der Waals surface area contributed by atoms with E-state index in [1.165, 1.54) is 24.0 Å². The first kappa shape index (κ1) is 14.4. The average molecular weight is 283 g/mol. The van der Waals surface area contributed by atoms with Gasteiger partial charge in [0.2, 0.25) is 0 Å². The molecule has 0 bridgehead atoms. The third-order valence-corrected chi connectivity index (χ3v) is 3.32. The maximum absolute atomic E-state index is 13.7. The van der Waals surface area contributed by atoms with Gasteiger partial charge in [0, 0.05) is 12.6 Å². The van der Waals surface area contributed by atoms with E-state index >= 15 is 0 Å². The molecule has 2 rings (SSSR count). The molecular weight excluding hydrogens is 268 g/mol. The lowest BCUT2D eigenvalue weighted by Crippen LogP contribution is -2.39. The topological polar surface area (TPSA) is 57.6 Å². The number of carboxylic acids is 1. The molecule has 1 aliphatic carbocycles. The minimum Gasteiger partial charge on any atom is -0.481 e. The van der Waals surface area contributed by atoms with Crippen LogP contribution in [0.1, 0.15) is 30.1 Å². The zero-order valence-corrected chi connectivity index (χ0v) is 11.0. The van der Waals surface area contributed by atoms with E-state index in [9.17, 15) is 18.4 Å². The molecule has 1 N–H and O–H groups in total. The minimum atomic E-state index is -1.19. The van der Waals surface area contributed by atoms with E-state index < -0.39 is 29.4 Å². The maximum Gasteiger partial charge on any atom is 0.308 e. The number of hydrogen-bond acceptors (Lipinski definition) is 2. The highest BCUT2D eigenvalue weighted by Crippen LogP contribution is 2.29. The monoisotopic (exact) mass is 283 g/mol. The van der Waals surface area contributed by atoms with Gasteiger partial charge in [-0.05, 0) is 25.0 Å². The number of nitrogens with zero attached hydrogens (tertiary/aromatic N) is 1. The maximum atomic E-state index is 13.7. The van der Waals surface area contributed by atoms with Crippen molar-refractivity contribution in [2.75, 3.05) is 6.54 Å². The number of rotatable bonds is 5. The summed E-state index contributed by atoms with van der Waals surface area (Å²) >= 11 is 0. The molecule has 6 heteroatoms. The number of aliphatic carboxylic acids is 1. The number of carboxylic acid groups (broad SMARTS) is 1. The highest BCUT2D eigenvalue weighted by molar-refractivity contribution is 5.95. The summed E-state index contributed by atoms with van der Waals surface area (Å²) in [5.74, 6) is -4.71. The van der Waals surface area contributed by atoms with Crippen LogP contribution in [-0.4, -0.2) is 34.5 Å². The summed E-state index contributed by atoms with van der Waals surface area (Å²) in [6.45, 7) is 1.47. The second kappa shape index (κ2) is 5.56. The van der Waals surface area contributed by atoms with E-state index in [1.807, 2.05) is 0 Å². The van der Waals surface area contributed by atoms with Crippen LogP contribution in [0.4, 0.5) is 8.78 Å². The SMILES string of the molecule is C[C@H](CN(C(=O)c1cccc(F)c1F)C1CC1)C(=O)O. The van der Waals surface area contributed by atoms with Gasteiger partial charge in [-0.1, -0.05) is 13.0 Å². The predicted octanol–water partition coefficient (Wildman–Crippen LogP) is 2.29. The summed E-state index contributed by atoms with van der Waals surface area (Å²) in [5, 5.41) is 8.91. The first-order valence-electron chi connectivity index (χ1n) is 6.39. The van der Waals surface area contributed by atoms with E-state index in [1.54, 1.807) is 0 Å². The number of carbonyl (C=O) groups excluding carboxylic acids is 1. The van der Waals surface area contributed by atoms with Crippen molar-refractivity contribution in [2.24, 2.45) is 5.92 Å². The lowest BCUT2D eigenvalue weighted by molar-refractivity contribution is -0.141. The van der Waals surface area contributed by atoms with Gasteiger partial charge in [-0.3, -0.25) is 9.59 Å². The van der Waals surface area contributed by atoms with Gasteiger partial charge in [-0.15, -0.1) is 0 Å². The van der Waals surface area contributed by atoms with Crippen molar-refractivity contribution < 1.29 is 23.5 Å². The molecule has 20 heavy (non-hydrogen) atoms. The Morgan fingerprint density at radius 2 is 2.05 bits per heavy atom. The summed E-state index contributed by atoms with van der Waals surface area (Å²) < 4.78 is 26.8. The normalized spacial score (nSPS) is 15.8. The molecule has 4 nitrogen and oxygen atoms in total. The first-order chi connectivity index (χ1) is 9.41. The van der Waals surface area contributed by atoms with E-state index in [-0.39, 0.29) is 18.2 Å². The highest BCUT2D eigenvalue weighted by Gasteiger charge is 2.36. The second-order valence-corrected chi connectivity index (χ2v) is 5.03. The van der Waals surface area contributed by atoms with Crippen LogP contribution in [0.2, 0.25) is 0 Å². The molecule has 108 valence electrons. The number of benzene rings is 1. The molecule has 1 aromatic rings. The molecular formula is C14H15F2NO3. The largest absolute Gasteiger partial charge is 0.481 e. The van der Waals surface area contributed by atoms with Gasteiger partial charge >= 0.3 is 5.97 Å². The number of amides is 1. The van der Waals surface area contributed by atoms with Crippen LogP contribution in [0, 0.1) is 17.6 Å². The minimum absolute atomic E-state index is 0.00517. The molecule has 1 fully saturated rings. The molecule has 1 aliphatic rings. The van der Waals surface area contributed by atoms with Crippen LogP contribution < -0.4 is 0 Å². The molecule has 0 radical (unpaired) electrons. The molecule has 0 aromatic heterocycles. The summed E-state index contributed by atoms with van der Waals surface area (Å²) in [7, 11) is 0. The van der Waals surface area contributed by atoms with E-state index in [2.05, 4.69) is 0 Å². The average Bonchev–Trinajstić information content (AvgIpc) is 3.22. The number of halogens is 2. The Labute approximate surface area is 115 Å². The molecule has 0 heterocycles. The third-order valence-electron chi connectivity index (χ3n) is 3.32. The molecule has 0 unspecified atom stereocenters. The zero-order valence-electron chi connectivity index (χ0n) is 11.0. The van der Waals surface area contributed by atoms with E-state index in [0.717, 1.165) is 18.9 Å². The Hall–Kier alpha value is -1.98. The molecule has 1 atom stereocenters. The first-order valence-corrected chi connectivity index (χ1v) is 6.39. The van der Waals surface area contributed by atoms with E-state index in [4.69, 9.17) is 5.11 Å². The van der Waals surface area contributed by atoms with Gasteiger partial charge in [0.25, 0.3) is 5.91 Å². The van der Waals surface area contributed by atoms with Crippen molar-refractivity contribution in [1.29, 1.82) is 0 Å². The smallest absolute Gasteiger partial charge is 0.308 e. The van der Waals surface area contributed by atoms with Crippen LogP contribution >= 0.6 is 0 Å². The van der Waals surface area contributed by atoms with Gasteiger partial charge in [0.1, 0.15) is 0 Å². The van der Waals surface area contributed by atoms with Gasteiger partial charge < -0.3 is 10.0 Å². The Morgan fingerprint density at radius 1 is 1.40 bits per heavy atom. The van der Waals surface area contributed by atoms with Crippen LogP contribution in [0.3, 0.4) is 0 Å². The molecule has 0 aliphatic heterocycles. The Bertz CT molecular complexity index is 543. The summed E-state index contributed by atoms with van der Waals surface area (Å²) in [4.78, 5) is 24.5. The summed E-state index contributed by atoms with van der Waals surface area (Å²) in [6, 6.07) is 3.33. The second-order valence-electron chi connectivity index (χ2n) is 5.03. The Kier molecular flexibility index (Phi) is 4.01. The molecule has 0 saturated heterocycles. The fraction of sp³-hybridized carbons (Fsp3) is 0.429. The van der Waals surface area contributed by atoms with Gasteiger partial charge in [0.15, 0.2) is 11.6 Å². The zero-order chi connectivity index (χ0) is 14.9. The predicted molar refractivity (Wildman–Crippen MR) is 67.2 cm³/mol. The fourth-order valence-corrected chi connectivity index (χ4v) is 1.98. The Balaban J connectivity index is 2.23. The fourth-order valence-electron chi connectivity index (χ4n) is 1.98. The van der Waals surface area contributed by atoms with Crippen molar-refractivity contribution in [1.82, 2.24) is 4.90 Å². The van der Waals surface area contributed by atoms with Crippen molar-refractivity contribution in [3.63, 3.8) is 0 Å². The highest BCUT2D eigenvalue weighted by atomic mass is 19.2. The van der Waals surface area contributed by atoms with Gasteiger partial charge in [-0.2, -0.15) is 0 Å². The standard InChI is InChI=1S/C14H15F2NO3/c1-8(14(19)20)7-17(9-5-6-9)13(18)10-3-2-4-11(15)12(10)16/h2-4,8-9H,5-7H2,1H3,(H,19,20)/t8-/m1/s1. The van der Waals surface area contributed by atoms with E-state index in [0.29, 0.717) is 0 Å². The lowest BCUT2D eigenvalue weighted by Gasteiger charge is -2.24. The lowest BCUT2D eigenvalue weighted by atomic mass is 10.1. The van der Waals surface area contributed by atoms with Crippen molar-refractivity contribution >= 4 is 11.9 Å². The van der Waals surface area contributed by atoms with Crippen LogP contribution in [0.25, 0.3) is 0 Å². The number of carbonyl (C=O) groups is 2. The molecule has 1 amide bonds. The number of hydrogen-bond donors (Lipinski definition) is 1. The summed E-state index contributed by atoms with van der Waals surface area (Å²) in [6.07, 6.45) is 1.52. The van der Waals surface area contributed by atoms with Gasteiger partial charge in [0.05, 0.1) is 11.5 Å². The molecule has 1 saturated carbocycles. The van der Waals surface area contributed by atoms with Crippen molar-refractivity contribution in [3.8, 4) is 0 Å². The third kappa shape index (κ3) is 2.95. The molecule has 1 aromatic carbocycles.